The van der Waals surface area contributed by atoms with E-state index in [-0.39, 0.29) is 12.5 Å². The van der Waals surface area contributed by atoms with E-state index in [1.165, 1.54) is 9.80 Å². The van der Waals surface area contributed by atoms with Gasteiger partial charge in [-0.25, -0.2) is 0 Å². The summed E-state index contributed by atoms with van der Waals surface area (Å²) >= 11 is 0. The number of rotatable bonds is 7. The highest BCUT2D eigenvalue weighted by atomic mass is 16.5. The summed E-state index contributed by atoms with van der Waals surface area (Å²) in [5, 5.41) is 2.77. The minimum absolute atomic E-state index is 0.141. The third-order valence-electron chi connectivity index (χ3n) is 4.89. The van der Waals surface area contributed by atoms with Crippen molar-refractivity contribution in [3.05, 3.63) is 65.2 Å². The molecule has 0 radical (unpaired) electrons. The molecule has 29 heavy (non-hydrogen) atoms. The van der Waals surface area contributed by atoms with Crippen LogP contribution in [0.2, 0.25) is 0 Å². The monoisotopic (exact) mass is 395 g/mol. The minimum atomic E-state index is -0.643. The summed E-state index contributed by atoms with van der Waals surface area (Å²) in [4.78, 5) is 40.0. The lowest BCUT2D eigenvalue weighted by Crippen LogP contribution is -2.55. The first-order chi connectivity index (χ1) is 14.0. The quantitative estimate of drug-likeness (QED) is 0.721. The number of ether oxygens (including phenoxy) is 1. The van der Waals surface area contributed by atoms with Gasteiger partial charge in [0.05, 0.1) is 7.11 Å². The van der Waals surface area contributed by atoms with Gasteiger partial charge in [0.2, 0.25) is 5.91 Å². The third-order valence-corrected chi connectivity index (χ3v) is 4.89. The van der Waals surface area contributed by atoms with Crippen LogP contribution in [0.25, 0.3) is 0 Å². The van der Waals surface area contributed by atoms with Crippen molar-refractivity contribution in [2.75, 3.05) is 26.7 Å². The summed E-state index contributed by atoms with van der Waals surface area (Å²) in [6.07, 6.45) is 0. The molecular weight excluding hydrogens is 370 g/mol. The highest BCUT2D eigenvalue weighted by molar-refractivity contribution is 6.35. The molecule has 0 saturated carbocycles. The van der Waals surface area contributed by atoms with Crippen LogP contribution in [0.15, 0.2) is 48.5 Å². The van der Waals surface area contributed by atoms with Crippen LogP contribution in [-0.2, 0) is 27.5 Å². The summed E-state index contributed by atoms with van der Waals surface area (Å²) in [7, 11) is 1.57. The van der Waals surface area contributed by atoms with E-state index in [4.69, 9.17) is 4.74 Å². The fourth-order valence-corrected chi connectivity index (χ4v) is 3.20. The predicted octanol–water partition coefficient (Wildman–Crippen LogP) is 1.49. The fourth-order valence-electron chi connectivity index (χ4n) is 3.20. The SMILES string of the molecule is COc1ccccc1CNC(=O)CN1CCN(Cc2ccc(C)cc2)C(=O)C1=O. The molecule has 0 bridgehead atoms. The molecule has 2 aromatic rings. The molecule has 7 heteroatoms. The Kier molecular flexibility index (Phi) is 6.49. The lowest BCUT2D eigenvalue weighted by molar-refractivity contribution is -0.157. The van der Waals surface area contributed by atoms with E-state index in [1.54, 1.807) is 7.11 Å². The normalized spacial score (nSPS) is 14.1. The zero-order valence-electron chi connectivity index (χ0n) is 16.7. The molecule has 1 heterocycles. The second-order valence-corrected chi connectivity index (χ2v) is 7.03. The van der Waals surface area contributed by atoms with Crippen LogP contribution < -0.4 is 10.1 Å². The van der Waals surface area contributed by atoms with Gasteiger partial charge in [0, 0.05) is 31.7 Å². The molecule has 1 saturated heterocycles. The van der Waals surface area contributed by atoms with Crippen LogP contribution in [0.3, 0.4) is 0 Å². The molecule has 1 aliphatic rings. The average Bonchev–Trinajstić information content (AvgIpc) is 2.73. The van der Waals surface area contributed by atoms with Crippen LogP contribution >= 0.6 is 0 Å². The fraction of sp³-hybridized carbons (Fsp3) is 0.318. The number of nitrogens with zero attached hydrogens (tertiary/aromatic N) is 2. The van der Waals surface area contributed by atoms with E-state index in [1.807, 2.05) is 55.5 Å². The Morgan fingerprint density at radius 3 is 2.38 bits per heavy atom. The van der Waals surface area contributed by atoms with Crippen molar-refractivity contribution < 1.29 is 19.1 Å². The molecule has 152 valence electrons. The number of benzene rings is 2. The Bertz CT molecular complexity index is 895. The maximum atomic E-state index is 12.4. The van der Waals surface area contributed by atoms with Gasteiger partial charge in [-0.15, -0.1) is 0 Å². The van der Waals surface area contributed by atoms with Crippen molar-refractivity contribution in [1.82, 2.24) is 15.1 Å². The second-order valence-electron chi connectivity index (χ2n) is 7.03. The first-order valence-electron chi connectivity index (χ1n) is 9.50. The minimum Gasteiger partial charge on any atom is -0.496 e. The molecule has 1 aliphatic heterocycles. The summed E-state index contributed by atoms with van der Waals surface area (Å²) < 4.78 is 5.26. The van der Waals surface area contributed by atoms with E-state index < -0.39 is 11.8 Å². The van der Waals surface area contributed by atoms with Crippen molar-refractivity contribution in [3.8, 4) is 5.75 Å². The summed E-state index contributed by atoms with van der Waals surface area (Å²) in [5.74, 6) is -0.849. The van der Waals surface area contributed by atoms with Gasteiger partial charge in [0.1, 0.15) is 12.3 Å². The lowest BCUT2D eigenvalue weighted by Gasteiger charge is -2.33. The van der Waals surface area contributed by atoms with E-state index in [9.17, 15) is 14.4 Å². The zero-order chi connectivity index (χ0) is 20.8. The molecule has 3 rings (SSSR count). The van der Waals surface area contributed by atoms with Gasteiger partial charge < -0.3 is 19.9 Å². The van der Waals surface area contributed by atoms with E-state index in [2.05, 4.69) is 5.32 Å². The lowest BCUT2D eigenvalue weighted by atomic mass is 10.1. The van der Waals surface area contributed by atoms with E-state index >= 15 is 0 Å². The number of hydrogen-bond acceptors (Lipinski definition) is 4. The number of carbonyl (C=O) groups is 3. The summed E-state index contributed by atoms with van der Waals surface area (Å²) in [6, 6.07) is 15.2. The van der Waals surface area contributed by atoms with Crippen LogP contribution in [0, 0.1) is 6.92 Å². The zero-order valence-corrected chi connectivity index (χ0v) is 16.7. The van der Waals surface area contributed by atoms with E-state index in [0.717, 1.165) is 16.7 Å². The third kappa shape index (κ3) is 5.13. The van der Waals surface area contributed by atoms with Crippen molar-refractivity contribution >= 4 is 17.7 Å². The Morgan fingerprint density at radius 1 is 1.00 bits per heavy atom. The number of aryl methyl sites for hydroxylation is 1. The molecule has 0 aromatic heterocycles. The highest BCUT2D eigenvalue weighted by Crippen LogP contribution is 2.17. The first kappa shape index (κ1) is 20.4. The van der Waals surface area contributed by atoms with Crippen LogP contribution in [0.5, 0.6) is 5.75 Å². The average molecular weight is 395 g/mol. The van der Waals surface area contributed by atoms with Gasteiger partial charge in [-0.1, -0.05) is 48.0 Å². The molecule has 0 atom stereocenters. The number of piperazine rings is 1. The Balaban J connectivity index is 1.52. The first-order valence-corrected chi connectivity index (χ1v) is 9.50. The molecule has 0 unspecified atom stereocenters. The molecule has 1 N–H and O–H groups in total. The molecular formula is C22H25N3O4. The highest BCUT2D eigenvalue weighted by Gasteiger charge is 2.33. The second kappa shape index (κ2) is 9.23. The summed E-state index contributed by atoms with van der Waals surface area (Å²) in [6.45, 7) is 3.27. The van der Waals surface area contributed by atoms with Crippen molar-refractivity contribution in [2.45, 2.75) is 20.0 Å². The van der Waals surface area contributed by atoms with Crippen molar-refractivity contribution in [2.24, 2.45) is 0 Å². The Hall–Kier alpha value is -3.35. The van der Waals surface area contributed by atoms with Crippen LogP contribution in [-0.4, -0.2) is 54.3 Å². The number of hydrogen-bond donors (Lipinski definition) is 1. The predicted molar refractivity (Wildman–Crippen MR) is 108 cm³/mol. The van der Waals surface area contributed by atoms with Gasteiger partial charge >= 0.3 is 11.8 Å². The molecule has 7 nitrogen and oxygen atoms in total. The van der Waals surface area contributed by atoms with Gasteiger partial charge in [-0.05, 0) is 18.6 Å². The number of para-hydroxylation sites is 1. The Labute approximate surface area is 170 Å². The van der Waals surface area contributed by atoms with Crippen molar-refractivity contribution in [3.63, 3.8) is 0 Å². The number of amides is 3. The maximum Gasteiger partial charge on any atom is 0.312 e. The molecule has 0 spiro atoms. The number of nitrogens with one attached hydrogen (secondary N) is 1. The van der Waals surface area contributed by atoms with Gasteiger partial charge in [0.25, 0.3) is 0 Å². The number of methoxy groups -OCH3 is 1. The van der Waals surface area contributed by atoms with Gasteiger partial charge in [0.15, 0.2) is 0 Å². The molecule has 0 aliphatic carbocycles. The van der Waals surface area contributed by atoms with E-state index in [0.29, 0.717) is 31.9 Å². The van der Waals surface area contributed by atoms with Crippen LogP contribution in [0.1, 0.15) is 16.7 Å². The van der Waals surface area contributed by atoms with Gasteiger partial charge in [-0.3, -0.25) is 14.4 Å². The molecule has 3 amide bonds. The smallest absolute Gasteiger partial charge is 0.312 e. The standard InChI is InChI=1S/C22H25N3O4/c1-16-7-9-17(10-8-16)14-24-11-12-25(22(28)21(24)27)15-20(26)23-13-18-5-3-4-6-19(18)29-2/h3-10H,11-15H2,1-2H3,(H,23,26). The molecule has 1 fully saturated rings. The van der Waals surface area contributed by atoms with Crippen LogP contribution in [0.4, 0.5) is 0 Å². The largest absolute Gasteiger partial charge is 0.496 e. The molecule has 2 aromatic carbocycles. The topological polar surface area (TPSA) is 79.0 Å². The Morgan fingerprint density at radius 2 is 1.66 bits per heavy atom. The number of carbonyl (C=O) groups excluding carboxylic acids is 3. The summed E-state index contributed by atoms with van der Waals surface area (Å²) in [5.41, 5.74) is 2.95. The van der Waals surface area contributed by atoms with Crippen molar-refractivity contribution in [1.29, 1.82) is 0 Å². The maximum absolute atomic E-state index is 12.4. The van der Waals surface area contributed by atoms with Gasteiger partial charge in [-0.2, -0.15) is 0 Å².